The number of benzene rings is 1. The minimum Gasteiger partial charge on any atom is -0.480 e. The maximum Gasteiger partial charge on any atom is 0.329 e. The summed E-state index contributed by atoms with van der Waals surface area (Å²) in [7, 11) is 0. The van der Waals surface area contributed by atoms with Crippen LogP contribution in [-0.2, 0) is 20.7 Å². The van der Waals surface area contributed by atoms with E-state index in [-0.39, 0.29) is 13.2 Å². The van der Waals surface area contributed by atoms with Gasteiger partial charge in [-0.05, 0) is 24.1 Å². The van der Waals surface area contributed by atoms with E-state index in [1.165, 1.54) is 0 Å². The molecule has 0 aromatic heterocycles. The van der Waals surface area contributed by atoms with Crippen molar-refractivity contribution < 1.29 is 24.5 Å². The lowest BCUT2D eigenvalue weighted by atomic mass is 10.1. The van der Waals surface area contributed by atoms with Gasteiger partial charge in [-0.1, -0.05) is 12.1 Å². The molecule has 18 heavy (non-hydrogen) atoms. The molecular formula is C12H15NO5. The van der Waals surface area contributed by atoms with E-state index in [0.29, 0.717) is 12.1 Å². The number of aliphatic carboxylic acids is 1. The largest absolute Gasteiger partial charge is 0.480 e. The van der Waals surface area contributed by atoms with E-state index in [2.05, 4.69) is 10.1 Å². The number of nitrogens with one attached hydrogen (secondary N) is 1. The van der Waals surface area contributed by atoms with Crippen LogP contribution in [0.4, 0.5) is 5.69 Å². The molecule has 0 aliphatic heterocycles. The lowest BCUT2D eigenvalue weighted by Crippen LogP contribution is -2.20. The third kappa shape index (κ3) is 5.42. The van der Waals surface area contributed by atoms with E-state index in [9.17, 15) is 9.59 Å². The Hall–Kier alpha value is -1.92. The van der Waals surface area contributed by atoms with Crippen LogP contribution < -0.4 is 5.32 Å². The van der Waals surface area contributed by atoms with Gasteiger partial charge in [-0.3, -0.25) is 4.79 Å². The molecule has 6 nitrogen and oxygen atoms in total. The highest BCUT2D eigenvalue weighted by Crippen LogP contribution is 2.09. The van der Waals surface area contributed by atoms with Crippen molar-refractivity contribution in [3.8, 4) is 0 Å². The molecule has 0 spiro atoms. The fourth-order valence-electron chi connectivity index (χ4n) is 1.31. The van der Waals surface area contributed by atoms with Crippen molar-refractivity contribution in [1.29, 1.82) is 0 Å². The Bertz CT molecular complexity index is 401. The third-order valence-electron chi connectivity index (χ3n) is 2.10. The summed E-state index contributed by atoms with van der Waals surface area (Å²) in [6.45, 7) is -0.720. The summed E-state index contributed by atoms with van der Waals surface area (Å²) in [5, 5.41) is 19.6. The van der Waals surface area contributed by atoms with Gasteiger partial charge < -0.3 is 20.3 Å². The molecule has 0 aliphatic carbocycles. The van der Waals surface area contributed by atoms with Crippen molar-refractivity contribution in [3.05, 3.63) is 29.8 Å². The second kappa shape index (κ2) is 7.41. The van der Waals surface area contributed by atoms with Gasteiger partial charge in [-0.25, -0.2) is 4.79 Å². The Kier molecular flexibility index (Phi) is 5.83. The smallest absolute Gasteiger partial charge is 0.329 e. The number of rotatable bonds is 7. The van der Waals surface area contributed by atoms with Crippen LogP contribution >= 0.6 is 0 Å². The van der Waals surface area contributed by atoms with E-state index >= 15 is 0 Å². The quantitative estimate of drug-likeness (QED) is 0.648. The molecule has 0 saturated heterocycles. The Morgan fingerprint density at radius 1 is 1.17 bits per heavy atom. The normalized spacial score (nSPS) is 10.1. The molecule has 1 rings (SSSR count). The Morgan fingerprint density at radius 2 is 1.83 bits per heavy atom. The van der Waals surface area contributed by atoms with Crippen molar-refractivity contribution in [2.75, 3.05) is 25.1 Å². The average molecular weight is 253 g/mol. The summed E-state index contributed by atoms with van der Waals surface area (Å²) in [6, 6.07) is 7.01. The molecular weight excluding hydrogens is 238 g/mol. The van der Waals surface area contributed by atoms with Gasteiger partial charge in [0.25, 0.3) is 0 Å². The van der Waals surface area contributed by atoms with Crippen LogP contribution in [0.2, 0.25) is 0 Å². The zero-order valence-corrected chi connectivity index (χ0v) is 9.76. The number of anilines is 1. The molecule has 3 N–H and O–H groups in total. The zero-order valence-electron chi connectivity index (χ0n) is 9.76. The van der Waals surface area contributed by atoms with Crippen LogP contribution in [0, 0.1) is 0 Å². The van der Waals surface area contributed by atoms with E-state index < -0.39 is 18.5 Å². The molecule has 0 aliphatic rings. The van der Waals surface area contributed by atoms with Gasteiger partial charge in [0.15, 0.2) is 0 Å². The van der Waals surface area contributed by atoms with Crippen molar-refractivity contribution in [1.82, 2.24) is 0 Å². The van der Waals surface area contributed by atoms with Gasteiger partial charge in [-0.15, -0.1) is 0 Å². The maximum atomic E-state index is 11.3. The molecule has 0 atom stereocenters. The third-order valence-corrected chi connectivity index (χ3v) is 2.10. The predicted molar refractivity (Wildman–Crippen MR) is 64.3 cm³/mol. The molecule has 0 bridgehead atoms. The van der Waals surface area contributed by atoms with Crippen LogP contribution in [0.15, 0.2) is 24.3 Å². The van der Waals surface area contributed by atoms with E-state index in [1.54, 1.807) is 24.3 Å². The summed E-state index contributed by atoms with van der Waals surface area (Å²) >= 11 is 0. The number of carbonyl (C=O) groups is 2. The lowest BCUT2D eigenvalue weighted by Gasteiger charge is -2.06. The molecule has 1 aromatic rings. The summed E-state index contributed by atoms with van der Waals surface area (Å²) in [5.41, 5.74) is 1.57. The molecule has 0 heterocycles. The lowest BCUT2D eigenvalue weighted by molar-refractivity contribution is -0.143. The number of aliphatic hydroxyl groups excluding tert-OH is 1. The number of ether oxygens (including phenoxy) is 1. The molecule has 1 aromatic carbocycles. The molecule has 6 heteroatoms. The number of hydrogen-bond donors (Lipinski definition) is 3. The second-order valence-electron chi connectivity index (χ2n) is 3.61. The van der Waals surface area contributed by atoms with Crippen molar-refractivity contribution in [2.45, 2.75) is 6.42 Å². The number of carbonyl (C=O) groups excluding carboxylic acids is 1. The minimum atomic E-state index is -1.11. The summed E-state index contributed by atoms with van der Waals surface area (Å²) < 4.78 is 4.65. The summed E-state index contributed by atoms with van der Waals surface area (Å²) in [4.78, 5) is 21.5. The van der Waals surface area contributed by atoms with Crippen LogP contribution in [-0.4, -0.2) is 41.9 Å². The second-order valence-corrected chi connectivity index (χ2v) is 3.61. The van der Waals surface area contributed by atoms with E-state index in [4.69, 9.17) is 10.2 Å². The average Bonchev–Trinajstić information content (AvgIpc) is 2.31. The minimum absolute atomic E-state index is 0.0781. The van der Waals surface area contributed by atoms with E-state index in [0.717, 1.165) is 5.56 Å². The Labute approximate surface area is 104 Å². The Balaban J connectivity index is 2.37. The van der Waals surface area contributed by atoms with Crippen LogP contribution in [0.25, 0.3) is 0 Å². The maximum absolute atomic E-state index is 11.3. The number of carboxylic acid groups (broad SMARTS) is 1. The first-order valence-electron chi connectivity index (χ1n) is 5.41. The van der Waals surface area contributed by atoms with Gasteiger partial charge in [0.2, 0.25) is 5.91 Å². The van der Waals surface area contributed by atoms with Crippen molar-refractivity contribution in [3.63, 3.8) is 0 Å². The van der Waals surface area contributed by atoms with Crippen molar-refractivity contribution >= 4 is 17.6 Å². The van der Waals surface area contributed by atoms with Gasteiger partial charge in [-0.2, -0.15) is 0 Å². The summed E-state index contributed by atoms with van der Waals surface area (Å²) in [5.74, 6) is -1.53. The highest BCUT2D eigenvalue weighted by atomic mass is 16.5. The van der Waals surface area contributed by atoms with Gasteiger partial charge in [0.1, 0.15) is 13.2 Å². The van der Waals surface area contributed by atoms with Crippen LogP contribution in [0.3, 0.4) is 0 Å². The topological polar surface area (TPSA) is 95.9 Å². The first kappa shape index (κ1) is 14.1. The van der Waals surface area contributed by atoms with Crippen molar-refractivity contribution in [2.24, 2.45) is 0 Å². The predicted octanol–water partition coefficient (Wildman–Crippen LogP) is 0.261. The van der Waals surface area contributed by atoms with E-state index in [1.807, 2.05) is 0 Å². The van der Waals surface area contributed by atoms with Gasteiger partial charge in [0.05, 0.1) is 0 Å². The summed E-state index contributed by atoms with van der Waals surface area (Å²) in [6.07, 6.45) is 0.565. The SMILES string of the molecule is O=C(O)COCC(=O)Nc1ccc(CCO)cc1. The zero-order chi connectivity index (χ0) is 13.4. The molecule has 0 radical (unpaired) electrons. The molecule has 1 amide bonds. The highest BCUT2D eigenvalue weighted by molar-refractivity contribution is 5.91. The fourth-order valence-corrected chi connectivity index (χ4v) is 1.31. The number of carboxylic acids is 1. The molecule has 0 fully saturated rings. The molecule has 0 unspecified atom stereocenters. The highest BCUT2D eigenvalue weighted by Gasteiger charge is 2.04. The number of aliphatic hydroxyl groups is 1. The van der Waals surface area contributed by atoms with Gasteiger partial charge in [0, 0.05) is 12.3 Å². The van der Waals surface area contributed by atoms with Crippen LogP contribution in [0.1, 0.15) is 5.56 Å². The molecule has 98 valence electrons. The van der Waals surface area contributed by atoms with Gasteiger partial charge >= 0.3 is 5.97 Å². The first-order chi connectivity index (χ1) is 8.61. The fraction of sp³-hybridized carbons (Fsp3) is 0.333. The Morgan fingerprint density at radius 3 is 2.39 bits per heavy atom. The monoisotopic (exact) mass is 253 g/mol. The first-order valence-corrected chi connectivity index (χ1v) is 5.41. The number of hydrogen-bond acceptors (Lipinski definition) is 4. The molecule has 0 saturated carbocycles. The standard InChI is InChI=1S/C12H15NO5/c14-6-5-9-1-3-10(4-2-9)13-11(15)7-18-8-12(16)17/h1-4,14H,5-8H2,(H,13,15)(H,16,17). The number of amides is 1. The van der Waals surface area contributed by atoms with Crippen LogP contribution in [0.5, 0.6) is 0 Å².